The van der Waals surface area contributed by atoms with Gasteiger partial charge in [0.1, 0.15) is 11.4 Å². The lowest BCUT2D eigenvalue weighted by Crippen LogP contribution is -2.59. The summed E-state index contributed by atoms with van der Waals surface area (Å²) in [5.74, 6) is -6.54. The number of fused-ring (bicyclic) bond motifs is 1. The van der Waals surface area contributed by atoms with Crippen LogP contribution in [0, 0.1) is 17.7 Å². The average molecular weight is 597 g/mol. The van der Waals surface area contributed by atoms with Crippen molar-refractivity contribution >= 4 is 35.5 Å². The average Bonchev–Trinajstić information content (AvgIpc) is 3.38. The number of likely N-dealkylation sites (N-methyl/N-ethyl adjacent to an activating group) is 1. The summed E-state index contributed by atoms with van der Waals surface area (Å²) in [6.45, 7) is 0.0363. The molecule has 0 bridgehead atoms. The van der Waals surface area contributed by atoms with E-state index in [4.69, 9.17) is 14.6 Å². The minimum atomic E-state index is -5.08. The van der Waals surface area contributed by atoms with Crippen molar-refractivity contribution < 1.29 is 51.4 Å². The van der Waals surface area contributed by atoms with Crippen LogP contribution in [0.5, 0.6) is 0 Å². The van der Waals surface area contributed by atoms with E-state index in [1.165, 1.54) is 50.4 Å². The molecule has 2 aromatic rings. The highest BCUT2D eigenvalue weighted by atomic mass is 19.4. The number of ether oxygens (including phenoxy) is 1. The summed E-state index contributed by atoms with van der Waals surface area (Å²) in [6.07, 6.45) is -4.95. The SMILES string of the molecule is COC(=O)[C@]1(Cc2ccccc2)N[C@H](CN(C)C(=O)Nc2ccc(F)cc2)[C@@H]2C(=O)N(C)C(=O)[C@@H]21.O=C(O)C(F)(F)F. The van der Waals surface area contributed by atoms with Gasteiger partial charge in [-0.25, -0.2) is 14.0 Å². The number of benzene rings is 2. The van der Waals surface area contributed by atoms with Crippen LogP contribution in [0.1, 0.15) is 5.56 Å². The molecule has 2 fully saturated rings. The number of carboxylic acids is 1. The maximum atomic E-state index is 13.2. The second-order valence-electron chi connectivity index (χ2n) is 9.74. The molecule has 2 saturated heterocycles. The molecule has 0 spiro atoms. The third kappa shape index (κ3) is 6.67. The minimum Gasteiger partial charge on any atom is -0.475 e. The van der Waals surface area contributed by atoms with E-state index in [2.05, 4.69) is 10.6 Å². The zero-order chi connectivity index (χ0) is 31.4. The number of urea groups is 1. The number of carboxylic acid groups (broad SMARTS) is 1. The first-order valence-electron chi connectivity index (χ1n) is 12.4. The third-order valence-electron chi connectivity index (χ3n) is 7.01. The molecule has 11 nitrogen and oxygen atoms in total. The molecule has 0 radical (unpaired) electrons. The Morgan fingerprint density at radius 3 is 2.17 bits per heavy atom. The molecule has 42 heavy (non-hydrogen) atoms. The van der Waals surface area contributed by atoms with Gasteiger partial charge in [0.25, 0.3) is 0 Å². The monoisotopic (exact) mass is 596 g/mol. The Kier molecular flexibility index (Phi) is 9.56. The summed E-state index contributed by atoms with van der Waals surface area (Å²) in [4.78, 5) is 63.5. The number of hydrogen-bond donors (Lipinski definition) is 3. The fourth-order valence-electron chi connectivity index (χ4n) is 5.08. The first kappa shape index (κ1) is 32.0. The van der Waals surface area contributed by atoms with Crippen molar-refractivity contribution in [2.45, 2.75) is 24.2 Å². The van der Waals surface area contributed by atoms with Gasteiger partial charge in [0.2, 0.25) is 11.8 Å². The number of esters is 1. The van der Waals surface area contributed by atoms with Crippen LogP contribution >= 0.6 is 0 Å². The molecule has 2 aliphatic heterocycles. The molecular formula is C27H28F4N4O7. The summed E-state index contributed by atoms with van der Waals surface area (Å²) < 4.78 is 50.0. The number of halogens is 4. The van der Waals surface area contributed by atoms with E-state index < -0.39 is 65.2 Å². The zero-order valence-corrected chi connectivity index (χ0v) is 22.6. The van der Waals surface area contributed by atoms with Crippen molar-refractivity contribution in [1.29, 1.82) is 0 Å². The lowest BCUT2D eigenvalue weighted by Gasteiger charge is -2.32. The predicted octanol–water partition coefficient (Wildman–Crippen LogP) is 2.28. The topological polar surface area (TPSA) is 145 Å². The van der Waals surface area contributed by atoms with Crippen LogP contribution in [0.4, 0.5) is 28.0 Å². The standard InChI is InChI=1S/C25H27FN4O5.C2HF3O2/c1-29(24(34)27-17-11-9-16(26)10-12-17)14-18-19-20(22(32)30(2)21(19)31)25(28-18,23(33)35-3)13-15-7-5-4-6-8-15;3-2(4,5)1(6)7/h4-12,18-20,28H,13-14H2,1-3H3,(H,27,34);(H,6,7)/t18-,19+,20-,25-;/m1./s1. The van der Waals surface area contributed by atoms with Crippen molar-refractivity contribution in [1.82, 2.24) is 15.1 Å². The van der Waals surface area contributed by atoms with E-state index in [-0.39, 0.29) is 13.0 Å². The van der Waals surface area contributed by atoms with Gasteiger partial charge in [0.15, 0.2) is 0 Å². The number of imide groups is 1. The molecule has 0 unspecified atom stereocenters. The van der Waals surface area contributed by atoms with E-state index in [9.17, 15) is 36.7 Å². The molecular weight excluding hydrogens is 568 g/mol. The Morgan fingerprint density at radius 2 is 1.64 bits per heavy atom. The Morgan fingerprint density at radius 1 is 1.07 bits per heavy atom. The molecule has 4 atom stereocenters. The largest absolute Gasteiger partial charge is 0.490 e. The van der Waals surface area contributed by atoms with E-state index in [1.807, 2.05) is 30.3 Å². The van der Waals surface area contributed by atoms with Gasteiger partial charge in [0.05, 0.1) is 18.9 Å². The van der Waals surface area contributed by atoms with Gasteiger partial charge in [-0.2, -0.15) is 13.2 Å². The summed E-state index contributed by atoms with van der Waals surface area (Å²) in [5.41, 5.74) is -0.278. The Balaban J connectivity index is 0.000000616. The van der Waals surface area contributed by atoms with Gasteiger partial charge >= 0.3 is 24.1 Å². The van der Waals surface area contributed by atoms with Crippen molar-refractivity contribution in [3.63, 3.8) is 0 Å². The van der Waals surface area contributed by atoms with Crippen LogP contribution in [-0.2, 0) is 30.3 Å². The normalized spacial score (nSPS) is 23.0. The molecule has 4 rings (SSSR count). The van der Waals surface area contributed by atoms with Gasteiger partial charge < -0.3 is 20.1 Å². The highest BCUT2D eigenvalue weighted by molar-refractivity contribution is 6.09. The summed E-state index contributed by atoms with van der Waals surface area (Å²) in [7, 11) is 4.18. The van der Waals surface area contributed by atoms with E-state index >= 15 is 0 Å². The number of methoxy groups -OCH3 is 1. The van der Waals surface area contributed by atoms with Crippen molar-refractivity contribution in [2.75, 3.05) is 33.1 Å². The molecule has 2 aliphatic rings. The highest BCUT2D eigenvalue weighted by Gasteiger charge is 2.68. The van der Waals surface area contributed by atoms with Crippen molar-refractivity contribution in [3.05, 3.63) is 66.0 Å². The summed E-state index contributed by atoms with van der Waals surface area (Å²) >= 11 is 0. The fourth-order valence-corrected chi connectivity index (χ4v) is 5.08. The van der Waals surface area contributed by atoms with Gasteiger partial charge in [-0.05, 0) is 29.8 Å². The molecule has 0 aliphatic carbocycles. The Hall–Kier alpha value is -4.53. The lowest BCUT2D eigenvalue weighted by molar-refractivity contribution is -0.192. The molecule has 3 N–H and O–H groups in total. The number of nitrogens with zero attached hydrogens (tertiary/aromatic N) is 2. The van der Waals surface area contributed by atoms with Crippen LogP contribution < -0.4 is 10.6 Å². The number of carbonyl (C=O) groups is 5. The summed E-state index contributed by atoms with van der Waals surface area (Å²) in [6, 6.07) is 13.3. The molecule has 0 aromatic heterocycles. The summed E-state index contributed by atoms with van der Waals surface area (Å²) in [5, 5.41) is 13.0. The maximum Gasteiger partial charge on any atom is 0.490 e. The van der Waals surface area contributed by atoms with Crippen LogP contribution in [0.15, 0.2) is 54.6 Å². The van der Waals surface area contributed by atoms with Crippen LogP contribution in [0.3, 0.4) is 0 Å². The van der Waals surface area contributed by atoms with Gasteiger partial charge in [-0.3, -0.25) is 24.6 Å². The number of amides is 4. The number of carbonyl (C=O) groups excluding carboxylic acids is 4. The van der Waals surface area contributed by atoms with Gasteiger partial charge in [-0.1, -0.05) is 30.3 Å². The highest BCUT2D eigenvalue weighted by Crippen LogP contribution is 2.44. The molecule has 226 valence electrons. The van der Waals surface area contributed by atoms with Crippen molar-refractivity contribution in [3.8, 4) is 0 Å². The van der Waals surface area contributed by atoms with E-state index in [0.717, 1.165) is 10.5 Å². The fraction of sp³-hybridized carbons (Fsp3) is 0.370. The quantitative estimate of drug-likeness (QED) is 0.262. The van der Waals surface area contributed by atoms with Crippen LogP contribution in [0.25, 0.3) is 0 Å². The van der Waals surface area contributed by atoms with Crippen LogP contribution in [-0.4, -0.2) is 90.2 Å². The molecule has 0 saturated carbocycles. The number of alkyl halides is 3. The number of likely N-dealkylation sites (tertiary alicyclic amines) is 1. The number of anilines is 1. The molecule has 15 heteroatoms. The van der Waals surface area contributed by atoms with Crippen LogP contribution in [0.2, 0.25) is 0 Å². The Bertz CT molecular complexity index is 1340. The van der Waals surface area contributed by atoms with Gasteiger partial charge in [0, 0.05) is 38.8 Å². The van der Waals surface area contributed by atoms with Crippen molar-refractivity contribution in [2.24, 2.45) is 11.8 Å². The Labute approximate surface area is 237 Å². The minimum absolute atomic E-state index is 0.0363. The third-order valence-corrected chi connectivity index (χ3v) is 7.01. The lowest BCUT2D eigenvalue weighted by atomic mass is 9.76. The first-order chi connectivity index (χ1) is 19.6. The number of hydrogen-bond acceptors (Lipinski definition) is 7. The number of nitrogens with one attached hydrogen (secondary N) is 2. The number of rotatable bonds is 6. The van der Waals surface area contributed by atoms with E-state index in [0.29, 0.717) is 5.69 Å². The molecule has 4 amide bonds. The smallest absolute Gasteiger partial charge is 0.475 e. The zero-order valence-electron chi connectivity index (χ0n) is 22.6. The first-order valence-corrected chi connectivity index (χ1v) is 12.4. The predicted molar refractivity (Wildman–Crippen MR) is 138 cm³/mol. The second kappa shape index (κ2) is 12.5. The molecule has 2 aromatic carbocycles. The molecule has 2 heterocycles. The second-order valence-corrected chi connectivity index (χ2v) is 9.74. The van der Waals surface area contributed by atoms with E-state index in [1.54, 1.807) is 0 Å². The number of aliphatic carboxylic acids is 1. The maximum absolute atomic E-state index is 13.2. The van der Waals surface area contributed by atoms with Gasteiger partial charge in [-0.15, -0.1) is 0 Å².